The van der Waals surface area contributed by atoms with Gasteiger partial charge in [0.05, 0.1) is 6.42 Å². The molecule has 116 valence electrons. The molecule has 1 aliphatic rings. The van der Waals surface area contributed by atoms with Crippen LogP contribution in [0.4, 0.5) is 13.2 Å². The molecule has 2 rings (SSSR count). The Morgan fingerprint density at radius 3 is 2.29 bits per heavy atom. The van der Waals surface area contributed by atoms with Crippen molar-refractivity contribution in [2.45, 2.75) is 37.8 Å². The third kappa shape index (κ3) is 4.65. The zero-order valence-corrected chi connectivity index (χ0v) is 11.6. The minimum absolute atomic E-state index is 0.207. The van der Waals surface area contributed by atoms with E-state index in [9.17, 15) is 23.1 Å². The summed E-state index contributed by atoms with van der Waals surface area (Å²) in [6.45, 7) is 0.977. The zero-order chi connectivity index (χ0) is 15.5. The highest BCUT2D eigenvalue weighted by Crippen LogP contribution is 2.30. The Balaban J connectivity index is 1.82. The van der Waals surface area contributed by atoms with Crippen molar-refractivity contribution in [3.63, 3.8) is 0 Å². The van der Waals surface area contributed by atoms with E-state index in [-0.39, 0.29) is 11.7 Å². The van der Waals surface area contributed by atoms with Gasteiger partial charge in [0.15, 0.2) is 0 Å². The third-order valence-corrected chi connectivity index (χ3v) is 3.83. The van der Waals surface area contributed by atoms with Gasteiger partial charge in [0, 0.05) is 19.5 Å². The molecule has 0 radical (unpaired) electrons. The summed E-state index contributed by atoms with van der Waals surface area (Å²) in [5, 5.41) is 9.25. The molecule has 1 aliphatic heterocycles. The van der Waals surface area contributed by atoms with Gasteiger partial charge < -0.3 is 10.0 Å². The molecule has 0 bridgehead atoms. The minimum atomic E-state index is -4.28. The van der Waals surface area contributed by atoms with Crippen LogP contribution in [0, 0.1) is 0 Å². The standard InChI is InChI=1S/C15H18F3NO2/c16-15(17,18)8-5-14(21)19-9-6-12(7-10-19)11-1-3-13(20)4-2-11/h1-4,12,20H,5-10H2. The van der Waals surface area contributed by atoms with Crippen molar-refractivity contribution in [2.75, 3.05) is 13.1 Å². The van der Waals surface area contributed by atoms with Crippen molar-refractivity contribution in [1.29, 1.82) is 0 Å². The first kappa shape index (κ1) is 15.7. The number of nitrogens with zero attached hydrogens (tertiary/aromatic N) is 1. The zero-order valence-electron chi connectivity index (χ0n) is 11.6. The number of phenolic OH excluding ortho intramolecular Hbond substituents is 1. The van der Waals surface area contributed by atoms with Gasteiger partial charge in [-0.1, -0.05) is 12.1 Å². The lowest BCUT2D eigenvalue weighted by molar-refractivity contribution is -0.149. The normalized spacial score (nSPS) is 17.0. The van der Waals surface area contributed by atoms with Crippen LogP contribution in [0.5, 0.6) is 5.75 Å². The van der Waals surface area contributed by atoms with Gasteiger partial charge in [-0.3, -0.25) is 4.79 Å². The monoisotopic (exact) mass is 301 g/mol. The average molecular weight is 301 g/mol. The first-order valence-corrected chi connectivity index (χ1v) is 6.98. The van der Waals surface area contributed by atoms with E-state index in [1.165, 1.54) is 4.90 Å². The Kier molecular flexibility index (Phi) is 4.75. The summed E-state index contributed by atoms with van der Waals surface area (Å²) in [7, 11) is 0. The number of alkyl halides is 3. The summed E-state index contributed by atoms with van der Waals surface area (Å²) >= 11 is 0. The van der Waals surface area contributed by atoms with Gasteiger partial charge >= 0.3 is 6.18 Å². The predicted molar refractivity (Wildman–Crippen MR) is 72.0 cm³/mol. The number of phenols is 1. The molecule has 3 nitrogen and oxygen atoms in total. The van der Waals surface area contributed by atoms with Crippen molar-refractivity contribution < 1.29 is 23.1 Å². The van der Waals surface area contributed by atoms with Gasteiger partial charge in [0.1, 0.15) is 5.75 Å². The third-order valence-electron chi connectivity index (χ3n) is 3.83. The molecule has 0 aliphatic carbocycles. The first-order chi connectivity index (χ1) is 9.85. The minimum Gasteiger partial charge on any atom is -0.508 e. The van der Waals surface area contributed by atoms with E-state index in [0.29, 0.717) is 13.1 Å². The van der Waals surface area contributed by atoms with Crippen LogP contribution in [0.2, 0.25) is 0 Å². The van der Waals surface area contributed by atoms with Crippen LogP contribution in [0.15, 0.2) is 24.3 Å². The Labute approximate surface area is 121 Å². The van der Waals surface area contributed by atoms with Crippen LogP contribution in [-0.2, 0) is 4.79 Å². The second-order valence-corrected chi connectivity index (χ2v) is 5.36. The largest absolute Gasteiger partial charge is 0.508 e. The van der Waals surface area contributed by atoms with Crippen molar-refractivity contribution in [2.24, 2.45) is 0 Å². The number of amides is 1. The lowest BCUT2D eigenvalue weighted by Crippen LogP contribution is -2.38. The van der Waals surface area contributed by atoms with Gasteiger partial charge in [-0.25, -0.2) is 0 Å². The first-order valence-electron chi connectivity index (χ1n) is 6.98. The maximum atomic E-state index is 12.1. The van der Waals surface area contributed by atoms with E-state index in [0.717, 1.165) is 18.4 Å². The molecule has 1 saturated heterocycles. The Hall–Kier alpha value is -1.72. The highest BCUT2D eigenvalue weighted by atomic mass is 19.4. The average Bonchev–Trinajstić information content (AvgIpc) is 2.45. The fourth-order valence-corrected chi connectivity index (χ4v) is 2.62. The van der Waals surface area contributed by atoms with Gasteiger partial charge in [-0.2, -0.15) is 13.2 Å². The number of carbonyl (C=O) groups excluding carboxylic acids is 1. The predicted octanol–water partition coefficient (Wildman–Crippen LogP) is 3.44. The SMILES string of the molecule is O=C(CCC(F)(F)F)N1CCC(c2ccc(O)cc2)CC1. The van der Waals surface area contributed by atoms with E-state index in [1.54, 1.807) is 12.1 Å². The van der Waals surface area contributed by atoms with Crippen molar-refractivity contribution >= 4 is 5.91 Å². The number of piperidine rings is 1. The molecule has 1 amide bonds. The van der Waals surface area contributed by atoms with Crippen molar-refractivity contribution in [1.82, 2.24) is 4.90 Å². The molecule has 0 unspecified atom stereocenters. The molecule has 1 heterocycles. The van der Waals surface area contributed by atoms with E-state index in [1.807, 2.05) is 12.1 Å². The maximum Gasteiger partial charge on any atom is 0.389 e. The van der Waals surface area contributed by atoms with E-state index in [2.05, 4.69) is 0 Å². The van der Waals surface area contributed by atoms with Crippen LogP contribution in [0.3, 0.4) is 0 Å². The summed E-state index contributed by atoms with van der Waals surface area (Å²) in [6, 6.07) is 6.94. The van der Waals surface area contributed by atoms with Crippen LogP contribution < -0.4 is 0 Å². The summed E-state index contributed by atoms with van der Waals surface area (Å²) in [5.74, 6) is 0.0762. The fraction of sp³-hybridized carbons (Fsp3) is 0.533. The summed E-state index contributed by atoms with van der Waals surface area (Å²) in [4.78, 5) is 13.2. The number of rotatable bonds is 3. The Morgan fingerprint density at radius 2 is 1.76 bits per heavy atom. The van der Waals surface area contributed by atoms with Gasteiger partial charge in [-0.15, -0.1) is 0 Å². The molecule has 1 aromatic rings. The smallest absolute Gasteiger partial charge is 0.389 e. The molecule has 0 saturated carbocycles. The number of hydrogen-bond acceptors (Lipinski definition) is 2. The molecule has 0 spiro atoms. The highest BCUT2D eigenvalue weighted by Gasteiger charge is 2.30. The van der Waals surface area contributed by atoms with Crippen LogP contribution in [0.25, 0.3) is 0 Å². The molecule has 0 aromatic heterocycles. The molecule has 0 atom stereocenters. The Bertz CT molecular complexity index is 477. The van der Waals surface area contributed by atoms with Crippen LogP contribution in [-0.4, -0.2) is 35.2 Å². The number of benzene rings is 1. The number of carbonyl (C=O) groups is 1. The fourth-order valence-electron chi connectivity index (χ4n) is 2.62. The number of aromatic hydroxyl groups is 1. The second-order valence-electron chi connectivity index (χ2n) is 5.36. The van der Waals surface area contributed by atoms with E-state index >= 15 is 0 Å². The Morgan fingerprint density at radius 1 is 1.19 bits per heavy atom. The molecular weight excluding hydrogens is 283 g/mol. The molecule has 21 heavy (non-hydrogen) atoms. The number of likely N-dealkylation sites (tertiary alicyclic amines) is 1. The maximum absolute atomic E-state index is 12.1. The highest BCUT2D eigenvalue weighted by molar-refractivity contribution is 5.76. The van der Waals surface area contributed by atoms with Crippen LogP contribution in [0.1, 0.15) is 37.2 Å². The summed E-state index contributed by atoms with van der Waals surface area (Å²) in [6.07, 6.45) is -4.32. The van der Waals surface area contributed by atoms with Gasteiger partial charge in [-0.05, 0) is 36.5 Å². The molecular formula is C15H18F3NO2. The van der Waals surface area contributed by atoms with E-state index < -0.39 is 24.9 Å². The van der Waals surface area contributed by atoms with Crippen molar-refractivity contribution in [3.05, 3.63) is 29.8 Å². The molecule has 1 N–H and O–H groups in total. The molecule has 1 aromatic carbocycles. The van der Waals surface area contributed by atoms with Crippen LogP contribution >= 0.6 is 0 Å². The quantitative estimate of drug-likeness (QED) is 0.929. The molecule has 1 fully saturated rings. The van der Waals surface area contributed by atoms with E-state index in [4.69, 9.17) is 0 Å². The summed E-state index contributed by atoms with van der Waals surface area (Å²) in [5.41, 5.74) is 1.09. The lowest BCUT2D eigenvalue weighted by atomic mass is 9.89. The van der Waals surface area contributed by atoms with Gasteiger partial charge in [0.2, 0.25) is 5.91 Å². The summed E-state index contributed by atoms with van der Waals surface area (Å²) < 4.78 is 36.3. The van der Waals surface area contributed by atoms with Crippen molar-refractivity contribution in [3.8, 4) is 5.75 Å². The topological polar surface area (TPSA) is 40.5 Å². The van der Waals surface area contributed by atoms with Gasteiger partial charge in [0.25, 0.3) is 0 Å². The second kappa shape index (κ2) is 6.37. The number of hydrogen-bond donors (Lipinski definition) is 1. The lowest BCUT2D eigenvalue weighted by Gasteiger charge is -2.32. The molecule has 6 heteroatoms. The number of halogens is 3.